The van der Waals surface area contributed by atoms with Gasteiger partial charge in [0.2, 0.25) is 0 Å². The zero-order chi connectivity index (χ0) is 10.8. The Hall–Kier alpha value is -0.120. The van der Waals surface area contributed by atoms with E-state index >= 15 is 0 Å². The second-order valence-electron chi connectivity index (χ2n) is 5.55. The molecule has 0 unspecified atom stereocenters. The monoisotopic (exact) mass is 224 g/mol. The molecule has 2 aliphatic heterocycles. The molecule has 3 rings (SSSR count). The van der Waals surface area contributed by atoms with Gasteiger partial charge in [0.25, 0.3) is 0 Å². The topological polar surface area (TPSA) is 24.5 Å². The first-order chi connectivity index (χ1) is 7.95. The fourth-order valence-corrected chi connectivity index (χ4v) is 3.81. The van der Waals surface area contributed by atoms with Crippen molar-refractivity contribution in [1.29, 1.82) is 0 Å². The van der Waals surface area contributed by atoms with Crippen molar-refractivity contribution in [3.05, 3.63) is 0 Å². The van der Waals surface area contributed by atoms with Crippen molar-refractivity contribution in [3.8, 4) is 0 Å². The van der Waals surface area contributed by atoms with Crippen LogP contribution in [0.3, 0.4) is 0 Å². The van der Waals surface area contributed by atoms with Gasteiger partial charge in [-0.05, 0) is 44.7 Å². The van der Waals surface area contributed by atoms with Crippen molar-refractivity contribution in [2.45, 2.75) is 44.2 Å². The lowest BCUT2D eigenvalue weighted by Gasteiger charge is -2.39. The number of hydrogen-bond acceptors (Lipinski definition) is 3. The summed E-state index contributed by atoms with van der Waals surface area (Å²) in [6.07, 6.45) is 6.90. The van der Waals surface area contributed by atoms with E-state index in [0.29, 0.717) is 0 Å². The Bertz CT molecular complexity index is 228. The van der Waals surface area contributed by atoms with Crippen LogP contribution in [0.4, 0.5) is 0 Å². The maximum absolute atomic E-state index is 5.77. The van der Waals surface area contributed by atoms with Gasteiger partial charge in [-0.25, -0.2) is 0 Å². The van der Waals surface area contributed by atoms with Crippen LogP contribution in [-0.4, -0.2) is 49.8 Å². The molecule has 0 aromatic rings. The summed E-state index contributed by atoms with van der Waals surface area (Å²) in [7, 11) is 0. The van der Waals surface area contributed by atoms with E-state index in [1.165, 1.54) is 51.7 Å². The number of rotatable bonds is 1. The molecule has 3 aliphatic rings. The van der Waals surface area contributed by atoms with E-state index in [2.05, 4.69) is 10.2 Å². The van der Waals surface area contributed by atoms with Crippen molar-refractivity contribution in [2.75, 3.05) is 32.8 Å². The smallest absolute Gasteiger partial charge is 0.0593 e. The van der Waals surface area contributed by atoms with Crippen molar-refractivity contribution >= 4 is 0 Å². The first-order valence-electron chi connectivity index (χ1n) is 6.99. The van der Waals surface area contributed by atoms with Crippen LogP contribution in [0, 0.1) is 5.92 Å². The zero-order valence-corrected chi connectivity index (χ0v) is 10.2. The standard InChI is InChI=1S/C13H24N2O/c1-2-11-10-16-9-8-15(13(11)3-1)12-4-6-14-7-5-12/h11-14H,1-10H2/t11-,13+/m1/s1. The second kappa shape index (κ2) is 5.03. The van der Waals surface area contributed by atoms with Crippen LogP contribution >= 0.6 is 0 Å². The molecule has 0 amide bonds. The average molecular weight is 224 g/mol. The summed E-state index contributed by atoms with van der Waals surface area (Å²) in [5.74, 6) is 0.831. The SMILES string of the molecule is C1C[C@@H]2COCCN(C3CCNCC3)[C@H]2C1. The maximum Gasteiger partial charge on any atom is 0.0593 e. The second-order valence-corrected chi connectivity index (χ2v) is 5.55. The number of nitrogens with one attached hydrogen (secondary N) is 1. The van der Waals surface area contributed by atoms with E-state index in [0.717, 1.165) is 31.2 Å². The molecule has 0 aromatic heterocycles. The van der Waals surface area contributed by atoms with Gasteiger partial charge in [0.15, 0.2) is 0 Å². The van der Waals surface area contributed by atoms with E-state index in [1.54, 1.807) is 0 Å². The molecule has 0 bridgehead atoms. The number of fused-ring (bicyclic) bond motifs is 1. The highest BCUT2D eigenvalue weighted by Crippen LogP contribution is 2.34. The zero-order valence-electron chi connectivity index (χ0n) is 10.2. The van der Waals surface area contributed by atoms with Crippen molar-refractivity contribution in [3.63, 3.8) is 0 Å². The molecule has 92 valence electrons. The molecule has 1 aliphatic carbocycles. The van der Waals surface area contributed by atoms with Crippen LogP contribution in [0.2, 0.25) is 0 Å². The molecule has 1 saturated carbocycles. The van der Waals surface area contributed by atoms with E-state index in [1.807, 2.05) is 0 Å². The fourth-order valence-electron chi connectivity index (χ4n) is 3.81. The van der Waals surface area contributed by atoms with Crippen LogP contribution in [0.1, 0.15) is 32.1 Å². The van der Waals surface area contributed by atoms with E-state index in [9.17, 15) is 0 Å². The summed E-state index contributed by atoms with van der Waals surface area (Å²) in [6.45, 7) is 5.56. The van der Waals surface area contributed by atoms with Gasteiger partial charge >= 0.3 is 0 Å². The third-order valence-electron chi connectivity index (χ3n) is 4.65. The van der Waals surface area contributed by atoms with Crippen molar-refractivity contribution in [2.24, 2.45) is 5.92 Å². The van der Waals surface area contributed by atoms with Gasteiger partial charge in [0, 0.05) is 18.6 Å². The Morgan fingerprint density at radius 1 is 1.06 bits per heavy atom. The lowest BCUT2D eigenvalue weighted by Crippen LogP contribution is -2.49. The lowest BCUT2D eigenvalue weighted by molar-refractivity contribution is 0.0990. The predicted octanol–water partition coefficient (Wildman–Crippen LogP) is 1.24. The number of piperidine rings is 1. The van der Waals surface area contributed by atoms with E-state index < -0.39 is 0 Å². The van der Waals surface area contributed by atoms with Crippen LogP contribution in [-0.2, 0) is 4.74 Å². The minimum Gasteiger partial charge on any atom is -0.380 e. The summed E-state index contributed by atoms with van der Waals surface area (Å²) in [6, 6.07) is 1.67. The molecule has 0 spiro atoms. The first kappa shape index (κ1) is 11.0. The third kappa shape index (κ3) is 2.13. The fraction of sp³-hybridized carbons (Fsp3) is 1.00. The van der Waals surface area contributed by atoms with Gasteiger partial charge in [-0.3, -0.25) is 4.90 Å². The van der Waals surface area contributed by atoms with Crippen LogP contribution in [0.5, 0.6) is 0 Å². The van der Waals surface area contributed by atoms with E-state index in [-0.39, 0.29) is 0 Å². The van der Waals surface area contributed by atoms with Crippen LogP contribution in [0.15, 0.2) is 0 Å². The van der Waals surface area contributed by atoms with Gasteiger partial charge in [-0.2, -0.15) is 0 Å². The maximum atomic E-state index is 5.77. The molecule has 2 heterocycles. The molecule has 2 atom stereocenters. The minimum absolute atomic E-state index is 0.827. The predicted molar refractivity (Wildman–Crippen MR) is 64.5 cm³/mol. The minimum atomic E-state index is 0.827. The number of hydrogen-bond donors (Lipinski definition) is 1. The normalized spacial score (nSPS) is 38.2. The Kier molecular flexibility index (Phi) is 3.46. The van der Waals surface area contributed by atoms with Gasteiger partial charge in [-0.1, -0.05) is 6.42 Å². The van der Waals surface area contributed by atoms with Crippen molar-refractivity contribution in [1.82, 2.24) is 10.2 Å². The Labute approximate surface area is 98.5 Å². The van der Waals surface area contributed by atoms with Crippen molar-refractivity contribution < 1.29 is 4.74 Å². The van der Waals surface area contributed by atoms with Crippen LogP contribution < -0.4 is 5.32 Å². The highest BCUT2D eigenvalue weighted by molar-refractivity contribution is 4.91. The third-order valence-corrected chi connectivity index (χ3v) is 4.65. The highest BCUT2D eigenvalue weighted by atomic mass is 16.5. The molecule has 3 nitrogen and oxygen atoms in total. The van der Waals surface area contributed by atoms with Gasteiger partial charge in [-0.15, -0.1) is 0 Å². The molecule has 16 heavy (non-hydrogen) atoms. The summed E-state index contributed by atoms with van der Waals surface area (Å²) < 4.78 is 5.77. The number of nitrogens with zero attached hydrogens (tertiary/aromatic N) is 1. The molecule has 3 fully saturated rings. The molecule has 0 radical (unpaired) electrons. The van der Waals surface area contributed by atoms with Gasteiger partial charge in [0.1, 0.15) is 0 Å². The average Bonchev–Trinajstić information content (AvgIpc) is 2.70. The molecule has 3 heteroatoms. The molecule has 1 N–H and O–H groups in total. The number of ether oxygens (including phenoxy) is 1. The summed E-state index contributed by atoms with van der Waals surface area (Å²) >= 11 is 0. The Morgan fingerprint density at radius 3 is 2.81 bits per heavy atom. The largest absolute Gasteiger partial charge is 0.380 e. The first-order valence-corrected chi connectivity index (χ1v) is 6.99. The van der Waals surface area contributed by atoms with Gasteiger partial charge in [0.05, 0.1) is 13.2 Å². The highest BCUT2D eigenvalue weighted by Gasteiger charge is 2.37. The lowest BCUT2D eigenvalue weighted by atomic mass is 9.97. The van der Waals surface area contributed by atoms with Crippen LogP contribution in [0.25, 0.3) is 0 Å². The quantitative estimate of drug-likeness (QED) is 0.725. The Balaban J connectivity index is 1.70. The van der Waals surface area contributed by atoms with Gasteiger partial charge < -0.3 is 10.1 Å². The molecule has 0 aromatic carbocycles. The summed E-state index contributed by atoms with van der Waals surface area (Å²) in [4.78, 5) is 2.80. The summed E-state index contributed by atoms with van der Waals surface area (Å²) in [5, 5.41) is 3.47. The van der Waals surface area contributed by atoms with E-state index in [4.69, 9.17) is 4.74 Å². The summed E-state index contributed by atoms with van der Waals surface area (Å²) in [5.41, 5.74) is 0. The molecular formula is C13H24N2O. The Morgan fingerprint density at radius 2 is 1.94 bits per heavy atom. The molecular weight excluding hydrogens is 200 g/mol. The molecule has 2 saturated heterocycles.